The Labute approximate surface area is 70.6 Å². The van der Waals surface area contributed by atoms with E-state index in [1.807, 2.05) is 0 Å². The van der Waals surface area contributed by atoms with E-state index in [9.17, 15) is 0 Å². The zero-order valence-corrected chi connectivity index (χ0v) is 7.43. The zero-order chi connectivity index (χ0) is 8.27. The van der Waals surface area contributed by atoms with Crippen LogP contribution >= 0.6 is 11.9 Å². The SMILES string of the molecule is CC(C)c1nccc(SN)n1. The molecule has 0 saturated carbocycles. The minimum Gasteiger partial charge on any atom is -0.272 e. The lowest BCUT2D eigenvalue weighted by molar-refractivity contribution is 0.753. The van der Waals surface area contributed by atoms with Gasteiger partial charge in [0.05, 0.1) is 0 Å². The van der Waals surface area contributed by atoms with Gasteiger partial charge in [-0.1, -0.05) is 13.8 Å². The predicted molar refractivity (Wildman–Crippen MR) is 46.2 cm³/mol. The summed E-state index contributed by atoms with van der Waals surface area (Å²) in [6.07, 6.45) is 1.73. The first-order valence-corrected chi connectivity index (χ1v) is 4.31. The molecule has 0 aliphatic rings. The highest BCUT2D eigenvalue weighted by molar-refractivity contribution is 7.97. The van der Waals surface area contributed by atoms with Crippen LogP contribution in [0.4, 0.5) is 0 Å². The first kappa shape index (κ1) is 8.49. The van der Waals surface area contributed by atoms with Crippen LogP contribution in [0.1, 0.15) is 25.6 Å². The zero-order valence-electron chi connectivity index (χ0n) is 6.61. The molecule has 3 nitrogen and oxygen atoms in total. The minimum absolute atomic E-state index is 0.363. The molecule has 1 rings (SSSR count). The molecule has 0 bridgehead atoms. The second kappa shape index (κ2) is 3.69. The van der Waals surface area contributed by atoms with Gasteiger partial charge in [0, 0.05) is 12.1 Å². The van der Waals surface area contributed by atoms with Crippen LogP contribution in [0.3, 0.4) is 0 Å². The summed E-state index contributed by atoms with van der Waals surface area (Å²) >= 11 is 1.15. The van der Waals surface area contributed by atoms with E-state index in [0.29, 0.717) is 5.92 Å². The normalized spacial score (nSPS) is 10.5. The number of nitrogens with zero attached hydrogens (tertiary/aromatic N) is 2. The molecule has 1 aromatic heterocycles. The van der Waals surface area contributed by atoms with Gasteiger partial charge in [0.15, 0.2) is 0 Å². The van der Waals surface area contributed by atoms with Gasteiger partial charge in [0.25, 0.3) is 0 Å². The number of hydrogen-bond donors (Lipinski definition) is 1. The van der Waals surface area contributed by atoms with Crippen molar-refractivity contribution in [1.82, 2.24) is 9.97 Å². The third kappa shape index (κ3) is 2.17. The summed E-state index contributed by atoms with van der Waals surface area (Å²) in [6.45, 7) is 4.11. The molecule has 0 aliphatic carbocycles. The predicted octanol–water partition coefficient (Wildman–Crippen LogP) is 1.57. The fraction of sp³-hybridized carbons (Fsp3) is 0.429. The van der Waals surface area contributed by atoms with Crippen molar-refractivity contribution in [3.05, 3.63) is 18.1 Å². The molecule has 1 aromatic rings. The third-order valence-corrected chi connectivity index (χ3v) is 1.75. The van der Waals surface area contributed by atoms with Crippen LogP contribution in [-0.2, 0) is 0 Å². The average molecular weight is 169 g/mol. The van der Waals surface area contributed by atoms with Crippen molar-refractivity contribution in [2.75, 3.05) is 0 Å². The molecule has 0 aromatic carbocycles. The minimum atomic E-state index is 0.363. The lowest BCUT2D eigenvalue weighted by Gasteiger charge is -2.02. The summed E-state index contributed by atoms with van der Waals surface area (Å²) in [5, 5.41) is 6.17. The van der Waals surface area contributed by atoms with Gasteiger partial charge in [-0.3, -0.25) is 5.14 Å². The number of nitrogens with two attached hydrogens (primary N) is 1. The fourth-order valence-corrected chi connectivity index (χ4v) is 0.986. The Bertz CT molecular complexity index is 237. The van der Waals surface area contributed by atoms with Crippen molar-refractivity contribution >= 4 is 11.9 Å². The van der Waals surface area contributed by atoms with E-state index in [2.05, 4.69) is 23.8 Å². The molecule has 0 aliphatic heterocycles. The molecule has 0 amide bonds. The van der Waals surface area contributed by atoms with Crippen molar-refractivity contribution in [3.8, 4) is 0 Å². The monoisotopic (exact) mass is 169 g/mol. The second-order valence-electron chi connectivity index (χ2n) is 2.53. The Balaban J connectivity index is 2.91. The summed E-state index contributed by atoms with van der Waals surface area (Å²) in [6, 6.07) is 1.80. The largest absolute Gasteiger partial charge is 0.272 e. The van der Waals surface area contributed by atoms with Crippen molar-refractivity contribution < 1.29 is 0 Å². The first-order chi connectivity index (χ1) is 5.24. The van der Waals surface area contributed by atoms with E-state index >= 15 is 0 Å². The Kier molecular flexibility index (Phi) is 2.84. The maximum atomic E-state index is 5.35. The molecule has 0 radical (unpaired) electrons. The van der Waals surface area contributed by atoms with E-state index in [1.165, 1.54) is 0 Å². The van der Waals surface area contributed by atoms with Crippen molar-refractivity contribution in [1.29, 1.82) is 0 Å². The molecular weight excluding hydrogens is 158 g/mol. The Morgan fingerprint density at radius 1 is 1.55 bits per heavy atom. The summed E-state index contributed by atoms with van der Waals surface area (Å²) < 4.78 is 0. The van der Waals surface area contributed by atoms with Crippen LogP contribution in [0.5, 0.6) is 0 Å². The molecule has 0 saturated heterocycles. The lowest BCUT2D eigenvalue weighted by atomic mass is 10.2. The summed E-state index contributed by atoms with van der Waals surface area (Å²) in [5.74, 6) is 1.21. The van der Waals surface area contributed by atoms with E-state index < -0.39 is 0 Å². The highest BCUT2D eigenvalue weighted by Crippen LogP contribution is 2.12. The van der Waals surface area contributed by atoms with Crippen LogP contribution in [0.25, 0.3) is 0 Å². The van der Waals surface area contributed by atoms with E-state index in [4.69, 9.17) is 5.14 Å². The fourth-order valence-electron chi connectivity index (χ4n) is 0.700. The van der Waals surface area contributed by atoms with Gasteiger partial charge >= 0.3 is 0 Å². The van der Waals surface area contributed by atoms with Gasteiger partial charge in [-0.15, -0.1) is 0 Å². The van der Waals surface area contributed by atoms with Crippen molar-refractivity contribution in [2.24, 2.45) is 5.14 Å². The summed E-state index contributed by atoms with van der Waals surface area (Å²) in [5.41, 5.74) is 0. The van der Waals surface area contributed by atoms with Gasteiger partial charge in [-0.2, -0.15) is 0 Å². The molecule has 2 N–H and O–H groups in total. The van der Waals surface area contributed by atoms with Gasteiger partial charge in [0.2, 0.25) is 0 Å². The molecule has 0 spiro atoms. The maximum Gasteiger partial charge on any atom is 0.132 e. The highest BCUT2D eigenvalue weighted by atomic mass is 32.2. The van der Waals surface area contributed by atoms with E-state index in [-0.39, 0.29) is 0 Å². The standard InChI is InChI=1S/C7H11N3S/c1-5(2)7-9-4-3-6(10-7)11-8/h3-5H,8H2,1-2H3. The second-order valence-corrected chi connectivity index (χ2v) is 3.18. The smallest absolute Gasteiger partial charge is 0.132 e. The average Bonchev–Trinajstić information content (AvgIpc) is 2.05. The maximum absolute atomic E-state index is 5.35. The Hall–Kier alpha value is -0.610. The van der Waals surface area contributed by atoms with Gasteiger partial charge < -0.3 is 0 Å². The molecule has 0 atom stereocenters. The van der Waals surface area contributed by atoms with Gasteiger partial charge in [0.1, 0.15) is 10.9 Å². The van der Waals surface area contributed by atoms with Gasteiger partial charge in [-0.25, -0.2) is 9.97 Å². The third-order valence-electron chi connectivity index (χ3n) is 1.29. The highest BCUT2D eigenvalue weighted by Gasteiger charge is 2.02. The lowest BCUT2D eigenvalue weighted by Crippen LogP contribution is -1.98. The van der Waals surface area contributed by atoms with E-state index in [1.54, 1.807) is 12.3 Å². The molecular formula is C7H11N3S. The number of hydrogen-bond acceptors (Lipinski definition) is 4. The Morgan fingerprint density at radius 3 is 2.82 bits per heavy atom. The topological polar surface area (TPSA) is 51.8 Å². The van der Waals surface area contributed by atoms with Crippen molar-refractivity contribution in [2.45, 2.75) is 24.8 Å². The van der Waals surface area contributed by atoms with Crippen molar-refractivity contribution in [3.63, 3.8) is 0 Å². The van der Waals surface area contributed by atoms with Crippen LogP contribution in [-0.4, -0.2) is 9.97 Å². The molecule has 11 heavy (non-hydrogen) atoms. The molecule has 0 fully saturated rings. The Morgan fingerprint density at radius 2 is 2.27 bits per heavy atom. The summed E-state index contributed by atoms with van der Waals surface area (Å²) in [4.78, 5) is 8.32. The molecule has 1 heterocycles. The quantitative estimate of drug-likeness (QED) is 0.539. The van der Waals surface area contributed by atoms with Gasteiger partial charge in [-0.05, 0) is 18.0 Å². The molecule has 4 heteroatoms. The van der Waals surface area contributed by atoms with Crippen LogP contribution in [0, 0.1) is 0 Å². The first-order valence-electron chi connectivity index (χ1n) is 3.43. The number of rotatable bonds is 2. The van der Waals surface area contributed by atoms with Crippen LogP contribution < -0.4 is 5.14 Å². The molecule has 0 unspecified atom stereocenters. The number of aromatic nitrogens is 2. The van der Waals surface area contributed by atoms with Crippen LogP contribution in [0.15, 0.2) is 17.3 Å². The van der Waals surface area contributed by atoms with Crippen LogP contribution in [0.2, 0.25) is 0 Å². The van der Waals surface area contributed by atoms with E-state index in [0.717, 1.165) is 22.8 Å². The molecule has 60 valence electrons. The summed E-state index contributed by atoms with van der Waals surface area (Å²) in [7, 11) is 0.